The van der Waals surface area contributed by atoms with E-state index >= 15 is 0 Å². The quantitative estimate of drug-likeness (QED) is 0.384. The highest BCUT2D eigenvalue weighted by Gasteiger charge is 2.31. The predicted molar refractivity (Wildman–Crippen MR) is 126 cm³/mol. The highest BCUT2D eigenvalue weighted by molar-refractivity contribution is 6.07. The second-order valence-electron chi connectivity index (χ2n) is 8.52. The summed E-state index contributed by atoms with van der Waals surface area (Å²) < 4.78 is 44.3. The van der Waals surface area contributed by atoms with E-state index in [2.05, 4.69) is 9.97 Å². The lowest BCUT2D eigenvalue weighted by atomic mass is 10.1. The standard InChI is InChI=1S/C26H23F3N4O2/c1-17-7-9-23(35-17)22-15-20(19-5-2-3-6-21(19)31-22)25(34)33-12-4-11-32(13-14-33)24-10-8-18(16-30-24)26(27,28)29/h2-3,5-10,15-16H,4,11-14H2,1H3. The van der Waals surface area contributed by atoms with Gasteiger partial charge in [-0.25, -0.2) is 9.97 Å². The van der Waals surface area contributed by atoms with Crippen LogP contribution in [0.25, 0.3) is 22.4 Å². The molecule has 0 spiro atoms. The molecule has 180 valence electrons. The molecule has 5 rings (SSSR count). The van der Waals surface area contributed by atoms with Gasteiger partial charge in [0.1, 0.15) is 17.3 Å². The molecule has 0 N–H and O–H groups in total. The molecule has 0 saturated carbocycles. The number of nitrogens with zero attached hydrogens (tertiary/aromatic N) is 4. The number of pyridine rings is 2. The Balaban J connectivity index is 1.39. The average molecular weight is 480 g/mol. The maximum absolute atomic E-state index is 13.7. The lowest BCUT2D eigenvalue weighted by molar-refractivity contribution is -0.137. The zero-order valence-corrected chi connectivity index (χ0v) is 19.0. The summed E-state index contributed by atoms with van der Waals surface area (Å²) in [6, 6.07) is 15.4. The van der Waals surface area contributed by atoms with Crippen LogP contribution in [-0.2, 0) is 6.18 Å². The van der Waals surface area contributed by atoms with Crippen LogP contribution < -0.4 is 4.90 Å². The lowest BCUT2D eigenvalue weighted by Gasteiger charge is -2.23. The van der Waals surface area contributed by atoms with Crippen molar-refractivity contribution in [1.82, 2.24) is 14.9 Å². The number of carbonyl (C=O) groups is 1. The fourth-order valence-electron chi connectivity index (χ4n) is 4.31. The van der Waals surface area contributed by atoms with E-state index in [1.165, 1.54) is 6.07 Å². The number of alkyl halides is 3. The summed E-state index contributed by atoms with van der Waals surface area (Å²) in [7, 11) is 0. The molecule has 1 amide bonds. The van der Waals surface area contributed by atoms with Gasteiger partial charge in [0.25, 0.3) is 5.91 Å². The van der Waals surface area contributed by atoms with Gasteiger partial charge in [0.2, 0.25) is 0 Å². The van der Waals surface area contributed by atoms with Crippen LogP contribution in [0.2, 0.25) is 0 Å². The van der Waals surface area contributed by atoms with Gasteiger partial charge in [0.05, 0.1) is 16.6 Å². The van der Waals surface area contributed by atoms with Crippen molar-refractivity contribution in [1.29, 1.82) is 0 Å². The van der Waals surface area contributed by atoms with Gasteiger partial charge in [0.15, 0.2) is 5.76 Å². The van der Waals surface area contributed by atoms with E-state index in [-0.39, 0.29) is 5.91 Å². The fourth-order valence-corrected chi connectivity index (χ4v) is 4.31. The summed E-state index contributed by atoms with van der Waals surface area (Å²) in [5, 5.41) is 0.759. The minimum Gasteiger partial charge on any atom is -0.460 e. The van der Waals surface area contributed by atoms with Crippen LogP contribution in [-0.4, -0.2) is 47.0 Å². The summed E-state index contributed by atoms with van der Waals surface area (Å²) in [6.07, 6.45) is -2.90. The highest BCUT2D eigenvalue weighted by Crippen LogP contribution is 2.30. The molecule has 4 heterocycles. The minimum absolute atomic E-state index is 0.115. The zero-order chi connectivity index (χ0) is 24.6. The normalized spacial score (nSPS) is 14.9. The Morgan fingerprint density at radius 1 is 1.00 bits per heavy atom. The SMILES string of the molecule is Cc1ccc(-c2cc(C(=O)N3CCCN(c4ccc(C(F)(F)F)cn4)CC3)c3ccccc3n2)o1. The zero-order valence-electron chi connectivity index (χ0n) is 19.0. The number of amides is 1. The number of anilines is 1. The second kappa shape index (κ2) is 9.05. The number of benzene rings is 1. The summed E-state index contributed by atoms with van der Waals surface area (Å²) in [5.41, 5.74) is 1.05. The maximum atomic E-state index is 13.7. The molecule has 1 saturated heterocycles. The van der Waals surface area contributed by atoms with Crippen LogP contribution in [0.3, 0.4) is 0 Å². The monoisotopic (exact) mass is 480 g/mol. The second-order valence-corrected chi connectivity index (χ2v) is 8.52. The van der Waals surface area contributed by atoms with E-state index in [0.717, 1.165) is 23.4 Å². The van der Waals surface area contributed by atoms with Crippen LogP contribution in [0.1, 0.15) is 28.1 Å². The van der Waals surface area contributed by atoms with E-state index in [9.17, 15) is 18.0 Å². The molecule has 4 aromatic rings. The van der Waals surface area contributed by atoms with Gasteiger partial charge < -0.3 is 14.2 Å². The van der Waals surface area contributed by atoms with Crippen molar-refractivity contribution in [2.45, 2.75) is 19.5 Å². The van der Waals surface area contributed by atoms with Crippen molar-refractivity contribution in [2.75, 3.05) is 31.1 Å². The smallest absolute Gasteiger partial charge is 0.417 e. The van der Waals surface area contributed by atoms with Gasteiger partial charge in [-0.1, -0.05) is 18.2 Å². The molecule has 0 atom stereocenters. The molecule has 1 fully saturated rings. The summed E-state index contributed by atoms with van der Waals surface area (Å²) in [4.78, 5) is 26.0. The van der Waals surface area contributed by atoms with E-state index < -0.39 is 11.7 Å². The average Bonchev–Trinajstić information content (AvgIpc) is 3.14. The topological polar surface area (TPSA) is 62.5 Å². The van der Waals surface area contributed by atoms with Crippen LogP contribution in [0.5, 0.6) is 0 Å². The van der Waals surface area contributed by atoms with Crippen molar-refractivity contribution in [3.63, 3.8) is 0 Å². The number of rotatable bonds is 3. The molecule has 1 aromatic carbocycles. The third-order valence-corrected chi connectivity index (χ3v) is 6.12. The Morgan fingerprint density at radius 2 is 1.83 bits per heavy atom. The van der Waals surface area contributed by atoms with Crippen molar-refractivity contribution < 1.29 is 22.4 Å². The number of para-hydroxylation sites is 1. The lowest BCUT2D eigenvalue weighted by Crippen LogP contribution is -2.35. The first-order chi connectivity index (χ1) is 16.8. The molecule has 9 heteroatoms. The molecule has 0 bridgehead atoms. The maximum Gasteiger partial charge on any atom is 0.417 e. The molecule has 1 aliphatic rings. The third kappa shape index (κ3) is 4.71. The minimum atomic E-state index is -4.42. The molecular weight excluding hydrogens is 457 g/mol. The van der Waals surface area contributed by atoms with Gasteiger partial charge in [-0.3, -0.25) is 4.79 Å². The number of furan rings is 1. The largest absolute Gasteiger partial charge is 0.460 e. The number of halogens is 3. The van der Waals surface area contributed by atoms with Crippen LogP contribution in [0.4, 0.5) is 19.0 Å². The van der Waals surface area contributed by atoms with E-state index in [4.69, 9.17) is 4.42 Å². The van der Waals surface area contributed by atoms with Gasteiger partial charge in [-0.2, -0.15) is 13.2 Å². The Kier molecular flexibility index (Phi) is 5.92. The van der Waals surface area contributed by atoms with Crippen molar-refractivity contribution in [2.24, 2.45) is 0 Å². The molecule has 0 aliphatic carbocycles. The number of fused-ring (bicyclic) bond motifs is 1. The predicted octanol–water partition coefficient (Wildman–Crippen LogP) is 5.57. The molecule has 35 heavy (non-hydrogen) atoms. The van der Waals surface area contributed by atoms with Crippen LogP contribution in [0, 0.1) is 6.92 Å². The van der Waals surface area contributed by atoms with E-state index in [1.807, 2.05) is 48.2 Å². The van der Waals surface area contributed by atoms with Crippen molar-refractivity contribution in [3.05, 3.63) is 77.7 Å². The number of carbonyl (C=O) groups excluding carboxylic acids is 1. The molecule has 6 nitrogen and oxygen atoms in total. The van der Waals surface area contributed by atoms with Crippen molar-refractivity contribution in [3.8, 4) is 11.5 Å². The summed E-state index contributed by atoms with van der Waals surface area (Å²) in [5.74, 6) is 1.71. The number of hydrogen-bond donors (Lipinski definition) is 0. The van der Waals surface area contributed by atoms with Crippen molar-refractivity contribution >= 4 is 22.6 Å². The first-order valence-electron chi connectivity index (χ1n) is 11.3. The molecule has 0 radical (unpaired) electrons. The van der Waals surface area contributed by atoms with Gasteiger partial charge in [-0.05, 0) is 49.7 Å². The van der Waals surface area contributed by atoms with E-state index in [1.54, 1.807) is 11.0 Å². The van der Waals surface area contributed by atoms with Crippen LogP contribution >= 0.6 is 0 Å². The highest BCUT2D eigenvalue weighted by atomic mass is 19.4. The Hall–Kier alpha value is -3.88. The number of aryl methyl sites for hydroxylation is 1. The third-order valence-electron chi connectivity index (χ3n) is 6.12. The first-order valence-corrected chi connectivity index (χ1v) is 11.3. The fraction of sp³-hybridized carbons (Fsp3) is 0.269. The first kappa shape index (κ1) is 22.9. The molecule has 3 aromatic heterocycles. The van der Waals surface area contributed by atoms with Gasteiger partial charge in [0, 0.05) is 37.8 Å². The molecule has 1 aliphatic heterocycles. The summed E-state index contributed by atoms with van der Waals surface area (Å²) >= 11 is 0. The molecular formula is C26H23F3N4O2. The number of hydrogen-bond acceptors (Lipinski definition) is 5. The Bertz CT molecular complexity index is 1370. The Morgan fingerprint density at radius 3 is 2.54 bits per heavy atom. The van der Waals surface area contributed by atoms with E-state index in [0.29, 0.717) is 61.0 Å². The molecule has 0 unspecified atom stereocenters. The van der Waals surface area contributed by atoms with Crippen LogP contribution in [0.15, 0.2) is 65.2 Å². The summed E-state index contributed by atoms with van der Waals surface area (Å²) in [6.45, 7) is 3.87. The van der Waals surface area contributed by atoms with Gasteiger partial charge in [-0.15, -0.1) is 0 Å². The van der Waals surface area contributed by atoms with Gasteiger partial charge >= 0.3 is 6.18 Å². The number of aromatic nitrogens is 2. The Labute approximate surface area is 200 Å².